The lowest BCUT2D eigenvalue weighted by molar-refractivity contribution is 0.0486. The minimum atomic E-state index is -0.366. The molecule has 0 spiro atoms. The number of benzene rings is 1. The van der Waals surface area contributed by atoms with Gasteiger partial charge in [-0.05, 0) is 42.5 Å². The first-order chi connectivity index (χ1) is 12.9. The van der Waals surface area contributed by atoms with Crippen LogP contribution >= 0.6 is 0 Å². The normalized spacial score (nSPS) is 16.3. The molecule has 1 aliphatic rings. The average molecular weight is 372 g/mol. The van der Waals surface area contributed by atoms with Crippen LogP contribution in [-0.4, -0.2) is 35.6 Å². The van der Waals surface area contributed by atoms with E-state index >= 15 is 0 Å². The van der Waals surface area contributed by atoms with Crippen molar-refractivity contribution >= 4 is 11.9 Å². The highest BCUT2D eigenvalue weighted by Gasteiger charge is 2.35. The van der Waals surface area contributed by atoms with Crippen molar-refractivity contribution in [2.24, 2.45) is 0 Å². The van der Waals surface area contributed by atoms with Crippen LogP contribution in [0.5, 0.6) is 0 Å². The number of aromatic nitrogens is 2. The third-order valence-corrected chi connectivity index (χ3v) is 5.06. The molecule has 0 atom stereocenters. The molecule has 1 aromatic heterocycles. The van der Waals surface area contributed by atoms with Crippen molar-refractivity contribution in [3.8, 4) is 0 Å². The maximum atomic E-state index is 13.8. The molecule has 2 aromatic rings. The highest BCUT2D eigenvalue weighted by atomic mass is 19.1. The van der Waals surface area contributed by atoms with Crippen molar-refractivity contribution in [1.82, 2.24) is 15.3 Å². The quantitative estimate of drug-likeness (QED) is 0.842. The molecule has 0 saturated carbocycles. The summed E-state index contributed by atoms with van der Waals surface area (Å²) < 4.78 is 19.3. The molecule has 1 aromatic carbocycles. The van der Waals surface area contributed by atoms with Gasteiger partial charge in [0.05, 0.1) is 0 Å². The molecule has 0 aliphatic carbocycles. The summed E-state index contributed by atoms with van der Waals surface area (Å²) in [5, 5.41) is 2.96. The van der Waals surface area contributed by atoms with Gasteiger partial charge in [-0.3, -0.25) is 4.79 Å². The standard InChI is InChI=1S/C20H25FN4O2/c1-13(2)16-11-17(25-19(22)24-16)18(26)23-12-20(6-8-27-9-7-20)14-4-3-5-15(21)10-14/h3-5,10-11,13H,6-9,12H2,1-2H3,(H,23,26)(H2,22,24,25). The fourth-order valence-electron chi connectivity index (χ4n) is 3.39. The largest absolute Gasteiger partial charge is 0.381 e. The number of rotatable bonds is 5. The van der Waals surface area contributed by atoms with Gasteiger partial charge in [0.15, 0.2) is 0 Å². The number of carbonyl (C=O) groups excluding carboxylic acids is 1. The Balaban J connectivity index is 1.81. The van der Waals surface area contributed by atoms with Crippen LogP contribution in [0.15, 0.2) is 30.3 Å². The summed E-state index contributed by atoms with van der Waals surface area (Å²) in [5.74, 6) is -0.378. The molecule has 144 valence electrons. The topological polar surface area (TPSA) is 90.1 Å². The van der Waals surface area contributed by atoms with Crippen molar-refractivity contribution in [1.29, 1.82) is 0 Å². The molecule has 2 heterocycles. The molecule has 1 saturated heterocycles. The highest BCUT2D eigenvalue weighted by Crippen LogP contribution is 2.34. The molecule has 3 N–H and O–H groups in total. The van der Waals surface area contributed by atoms with Crippen LogP contribution in [0.3, 0.4) is 0 Å². The number of anilines is 1. The summed E-state index contributed by atoms with van der Waals surface area (Å²) in [6.07, 6.45) is 1.42. The van der Waals surface area contributed by atoms with Crippen molar-refractivity contribution in [2.45, 2.75) is 38.0 Å². The van der Waals surface area contributed by atoms with Crippen LogP contribution in [0, 0.1) is 5.82 Å². The fraction of sp³-hybridized carbons (Fsp3) is 0.450. The summed E-state index contributed by atoms with van der Waals surface area (Å²) in [6.45, 7) is 5.48. The van der Waals surface area contributed by atoms with Gasteiger partial charge in [-0.25, -0.2) is 14.4 Å². The summed E-state index contributed by atoms with van der Waals surface area (Å²) >= 11 is 0. The maximum Gasteiger partial charge on any atom is 0.270 e. The zero-order chi connectivity index (χ0) is 19.4. The smallest absolute Gasteiger partial charge is 0.270 e. The molecule has 1 amide bonds. The third kappa shape index (κ3) is 4.42. The van der Waals surface area contributed by atoms with Gasteiger partial charge in [0, 0.05) is 30.9 Å². The first-order valence-corrected chi connectivity index (χ1v) is 9.16. The average Bonchev–Trinajstić information content (AvgIpc) is 2.66. The minimum absolute atomic E-state index is 0.0808. The molecule has 3 rings (SSSR count). The van der Waals surface area contributed by atoms with Crippen LogP contribution in [0.4, 0.5) is 10.3 Å². The Morgan fingerprint density at radius 1 is 1.30 bits per heavy atom. The first kappa shape index (κ1) is 19.2. The Labute approximate surface area is 158 Å². The summed E-state index contributed by atoms with van der Waals surface area (Å²) in [4.78, 5) is 20.9. The van der Waals surface area contributed by atoms with Gasteiger partial charge in [0.1, 0.15) is 11.5 Å². The highest BCUT2D eigenvalue weighted by molar-refractivity contribution is 5.92. The van der Waals surface area contributed by atoms with Gasteiger partial charge in [0.2, 0.25) is 5.95 Å². The Morgan fingerprint density at radius 3 is 2.70 bits per heavy atom. The van der Waals surface area contributed by atoms with E-state index in [2.05, 4.69) is 15.3 Å². The second-order valence-corrected chi connectivity index (χ2v) is 7.28. The summed E-state index contributed by atoms with van der Waals surface area (Å²) in [5.41, 5.74) is 7.22. The van der Waals surface area contributed by atoms with E-state index in [4.69, 9.17) is 10.5 Å². The van der Waals surface area contributed by atoms with Crippen molar-refractivity contribution in [3.05, 3.63) is 53.1 Å². The molecular formula is C20H25FN4O2. The first-order valence-electron chi connectivity index (χ1n) is 9.16. The van der Waals surface area contributed by atoms with Crippen LogP contribution in [-0.2, 0) is 10.2 Å². The van der Waals surface area contributed by atoms with E-state index in [-0.39, 0.29) is 34.7 Å². The molecule has 7 heteroatoms. The second-order valence-electron chi connectivity index (χ2n) is 7.28. The molecule has 0 radical (unpaired) electrons. The van der Waals surface area contributed by atoms with E-state index in [0.717, 1.165) is 11.3 Å². The van der Waals surface area contributed by atoms with Crippen LogP contribution < -0.4 is 11.1 Å². The predicted octanol–water partition coefficient (Wildman–Crippen LogP) is 2.80. The zero-order valence-electron chi connectivity index (χ0n) is 15.7. The predicted molar refractivity (Wildman–Crippen MR) is 101 cm³/mol. The van der Waals surface area contributed by atoms with E-state index in [1.807, 2.05) is 19.9 Å². The van der Waals surface area contributed by atoms with E-state index in [0.29, 0.717) is 32.6 Å². The Morgan fingerprint density at radius 2 is 2.04 bits per heavy atom. The number of hydrogen-bond donors (Lipinski definition) is 2. The van der Waals surface area contributed by atoms with Crippen molar-refractivity contribution in [3.63, 3.8) is 0 Å². The second kappa shape index (κ2) is 8.00. The lowest BCUT2D eigenvalue weighted by atomic mass is 9.74. The van der Waals surface area contributed by atoms with E-state index < -0.39 is 0 Å². The molecule has 1 fully saturated rings. The fourth-order valence-corrected chi connectivity index (χ4v) is 3.39. The number of hydrogen-bond acceptors (Lipinski definition) is 5. The number of amides is 1. The Kier molecular flexibility index (Phi) is 5.70. The number of carbonyl (C=O) groups is 1. The van der Waals surface area contributed by atoms with E-state index in [1.165, 1.54) is 12.1 Å². The Hall–Kier alpha value is -2.54. The number of nitrogens with two attached hydrogens (primary N) is 1. The number of nitrogens with one attached hydrogen (secondary N) is 1. The maximum absolute atomic E-state index is 13.8. The molecule has 0 unspecified atom stereocenters. The van der Waals surface area contributed by atoms with E-state index in [9.17, 15) is 9.18 Å². The molecule has 1 aliphatic heterocycles. The van der Waals surface area contributed by atoms with Gasteiger partial charge in [-0.1, -0.05) is 26.0 Å². The molecule has 6 nitrogen and oxygen atoms in total. The number of halogens is 1. The van der Waals surface area contributed by atoms with E-state index in [1.54, 1.807) is 12.1 Å². The van der Waals surface area contributed by atoms with Crippen LogP contribution in [0.25, 0.3) is 0 Å². The van der Waals surface area contributed by atoms with Crippen molar-refractivity contribution in [2.75, 3.05) is 25.5 Å². The van der Waals surface area contributed by atoms with Crippen LogP contribution in [0.2, 0.25) is 0 Å². The number of ether oxygens (including phenoxy) is 1. The SMILES string of the molecule is CC(C)c1cc(C(=O)NCC2(c3cccc(F)c3)CCOCC2)nc(N)n1. The van der Waals surface area contributed by atoms with Gasteiger partial charge in [0.25, 0.3) is 5.91 Å². The van der Waals surface area contributed by atoms with Gasteiger partial charge >= 0.3 is 0 Å². The number of nitrogens with zero attached hydrogens (tertiary/aromatic N) is 2. The number of nitrogen functional groups attached to an aromatic ring is 1. The van der Waals surface area contributed by atoms with Gasteiger partial charge in [-0.15, -0.1) is 0 Å². The minimum Gasteiger partial charge on any atom is -0.381 e. The molecule has 0 bridgehead atoms. The zero-order valence-corrected chi connectivity index (χ0v) is 15.7. The van der Waals surface area contributed by atoms with Gasteiger partial charge < -0.3 is 15.8 Å². The molecular weight excluding hydrogens is 347 g/mol. The van der Waals surface area contributed by atoms with Gasteiger partial charge in [-0.2, -0.15) is 0 Å². The lowest BCUT2D eigenvalue weighted by Gasteiger charge is -2.38. The summed E-state index contributed by atoms with van der Waals surface area (Å²) in [6, 6.07) is 8.22. The third-order valence-electron chi connectivity index (χ3n) is 5.06. The van der Waals surface area contributed by atoms with Crippen LogP contribution in [0.1, 0.15) is 54.4 Å². The van der Waals surface area contributed by atoms with Crippen molar-refractivity contribution < 1.29 is 13.9 Å². The molecule has 27 heavy (non-hydrogen) atoms. The summed E-state index contributed by atoms with van der Waals surface area (Å²) in [7, 11) is 0. The Bertz CT molecular complexity index is 819. The monoisotopic (exact) mass is 372 g/mol. The lowest BCUT2D eigenvalue weighted by Crippen LogP contribution is -2.44.